The summed E-state index contributed by atoms with van der Waals surface area (Å²) in [5, 5.41) is 2.79. The van der Waals surface area contributed by atoms with E-state index < -0.39 is 15.9 Å². The molecule has 7 heteroatoms. The minimum absolute atomic E-state index is 0.0786. The van der Waals surface area contributed by atoms with E-state index in [1.165, 1.54) is 10.5 Å². The first-order valence-electron chi connectivity index (χ1n) is 9.98. The van der Waals surface area contributed by atoms with Crippen LogP contribution < -0.4 is 9.62 Å². The van der Waals surface area contributed by atoms with Crippen LogP contribution in [0.1, 0.15) is 15.9 Å². The summed E-state index contributed by atoms with van der Waals surface area (Å²) in [6.45, 7) is 0.0786. The lowest BCUT2D eigenvalue weighted by Crippen LogP contribution is -2.32. The topological polar surface area (TPSA) is 79.4 Å². The van der Waals surface area contributed by atoms with Crippen LogP contribution in [0, 0.1) is 0 Å². The quantitative estimate of drug-likeness (QED) is 0.448. The van der Waals surface area contributed by atoms with Crippen LogP contribution in [-0.4, -0.2) is 19.3 Å². The molecule has 0 spiro atoms. The Bertz CT molecular complexity index is 1300. The number of hydrogen-bond donors (Lipinski definition) is 1. The van der Waals surface area contributed by atoms with Crippen molar-refractivity contribution in [2.75, 3.05) is 9.62 Å². The van der Waals surface area contributed by atoms with Gasteiger partial charge in [0.25, 0.3) is 15.9 Å². The Hall–Kier alpha value is -3.97. The Balaban J connectivity index is 1.79. The predicted octanol–water partition coefficient (Wildman–Crippen LogP) is 4.73. The normalized spacial score (nSPS) is 11.0. The number of nitrogens with one attached hydrogen (secondary N) is 1. The maximum absolute atomic E-state index is 13.7. The van der Waals surface area contributed by atoms with Crippen molar-refractivity contribution in [3.63, 3.8) is 0 Å². The Morgan fingerprint density at radius 2 is 1.47 bits per heavy atom. The van der Waals surface area contributed by atoms with Crippen molar-refractivity contribution in [3.8, 4) is 0 Å². The molecule has 0 atom stereocenters. The number of amides is 1. The highest BCUT2D eigenvalue weighted by molar-refractivity contribution is 7.92. The van der Waals surface area contributed by atoms with Crippen LogP contribution in [0.5, 0.6) is 0 Å². The van der Waals surface area contributed by atoms with Crippen LogP contribution in [0.25, 0.3) is 0 Å². The van der Waals surface area contributed by atoms with Gasteiger partial charge in [0.1, 0.15) is 0 Å². The minimum Gasteiger partial charge on any atom is -0.321 e. The molecule has 3 aromatic carbocycles. The van der Waals surface area contributed by atoms with Gasteiger partial charge in [0, 0.05) is 6.20 Å². The lowest BCUT2D eigenvalue weighted by Gasteiger charge is -2.26. The first-order chi connectivity index (χ1) is 15.6. The predicted molar refractivity (Wildman–Crippen MR) is 125 cm³/mol. The zero-order valence-corrected chi connectivity index (χ0v) is 17.9. The molecule has 0 aliphatic carbocycles. The third kappa shape index (κ3) is 4.68. The molecule has 0 saturated heterocycles. The maximum atomic E-state index is 13.7. The number of carbonyl (C=O) groups excluding carboxylic acids is 1. The van der Waals surface area contributed by atoms with Crippen LogP contribution in [0.4, 0.5) is 11.4 Å². The molecule has 0 aliphatic rings. The van der Waals surface area contributed by atoms with Gasteiger partial charge in [-0.3, -0.25) is 14.1 Å². The van der Waals surface area contributed by atoms with Gasteiger partial charge in [0.15, 0.2) is 0 Å². The Morgan fingerprint density at radius 1 is 0.812 bits per heavy atom. The van der Waals surface area contributed by atoms with E-state index in [2.05, 4.69) is 10.3 Å². The second-order valence-corrected chi connectivity index (χ2v) is 8.89. The highest BCUT2D eigenvalue weighted by Gasteiger charge is 2.28. The maximum Gasteiger partial charge on any atom is 0.264 e. The van der Waals surface area contributed by atoms with Crippen molar-refractivity contribution in [1.29, 1.82) is 0 Å². The Kier molecular flexibility index (Phi) is 6.28. The van der Waals surface area contributed by atoms with Gasteiger partial charge in [-0.25, -0.2) is 8.42 Å². The van der Waals surface area contributed by atoms with Crippen molar-refractivity contribution < 1.29 is 13.2 Å². The molecular weight excluding hydrogens is 422 g/mol. The number of rotatable bonds is 7. The van der Waals surface area contributed by atoms with E-state index in [1.54, 1.807) is 72.9 Å². The highest BCUT2D eigenvalue weighted by atomic mass is 32.2. The van der Waals surface area contributed by atoms with Gasteiger partial charge in [-0.15, -0.1) is 0 Å². The number of pyridine rings is 1. The van der Waals surface area contributed by atoms with Crippen LogP contribution in [0.15, 0.2) is 114 Å². The molecule has 6 nitrogen and oxygen atoms in total. The number of aromatic nitrogens is 1. The van der Waals surface area contributed by atoms with Crippen LogP contribution in [0.2, 0.25) is 0 Å². The van der Waals surface area contributed by atoms with Crippen molar-refractivity contribution >= 4 is 27.3 Å². The molecule has 1 aromatic heterocycles. The molecule has 1 amide bonds. The highest BCUT2D eigenvalue weighted by Crippen LogP contribution is 2.29. The van der Waals surface area contributed by atoms with Crippen LogP contribution in [0.3, 0.4) is 0 Å². The number of para-hydroxylation sites is 1. The van der Waals surface area contributed by atoms with Crippen molar-refractivity contribution in [3.05, 3.63) is 121 Å². The summed E-state index contributed by atoms with van der Waals surface area (Å²) in [7, 11) is -3.94. The van der Waals surface area contributed by atoms with E-state index in [0.29, 0.717) is 11.4 Å². The van der Waals surface area contributed by atoms with Crippen molar-refractivity contribution in [2.24, 2.45) is 0 Å². The average Bonchev–Trinajstić information content (AvgIpc) is 2.84. The second-order valence-electron chi connectivity index (χ2n) is 7.02. The summed E-state index contributed by atoms with van der Waals surface area (Å²) < 4.78 is 28.6. The molecule has 1 heterocycles. The Morgan fingerprint density at radius 3 is 2.16 bits per heavy atom. The van der Waals surface area contributed by atoms with Gasteiger partial charge < -0.3 is 5.32 Å². The first kappa shape index (κ1) is 21.3. The van der Waals surface area contributed by atoms with E-state index in [-0.39, 0.29) is 17.0 Å². The van der Waals surface area contributed by atoms with E-state index in [0.717, 1.165) is 5.56 Å². The molecule has 4 rings (SSSR count). The number of hydrogen-bond acceptors (Lipinski definition) is 4. The summed E-state index contributed by atoms with van der Waals surface area (Å²) in [6, 6.07) is 27.6. The molecule has 0 radical (unpaired) electrons. The Labute approximate surface area is 187 Å². The smallest absolute Gasteiger partial charge is 0.264 e. The van der Waals surface area contributed by atoms with Gasteiger partial charge >= 0.3 is 0 Å². The summed E-state index contributed by atoms with van der Waals surface area (Å²) in [5.41, 5.74) is 1.86. The monoisotopic (exact) mass is 443 g/mol. The molecule has 0 fully saturated rings. The third-order valence-corrected chi connectivity index (χ3v) is 6.61. The van der Waals surface area contributed by atoms with E-state index in [9.17, 15) is 13.2 Å². The second kappa shape index (κ2) is 9.45. The molecule has 0 aliphatic heterocycles. The molecule has 32 heavy (non-hydrogen) atoms. The lowest BCUT2D eigenvalue weighted by molar-refractivity contribution is 0.102. The zero-order valence-electron chi connectivity index (χ0n) is 17.1. The van der Waals surface area contributed by atoms with Gasteiger partial charge in [-0.2, -0.15) is 0 Å². The number of nitrogens with zero attached hydrogens (tertiary/aromatic N) is 2. The third-order valence-electron chi connectivity index (χ3n) is 4.84. The summed E-state index contributed by atoms with van der Waals surface area (Å²) in [5.74, 6) is -0.421. The SMILES string of the molecule is O=C(Nc1cccnc1)c1ccccc1N(Cc1ccccc1)S(=O)(=O)c1ccccc1. The van der Waals surface area contributed by atoms with Crippen LogP contribution in [-0.2, 0) is 16.6 Å². The molecule has 4 aromatic rings. The van der Waals surface area contributed by atoms with Crippen molar-refractivity contribution in [2.45, 2.75) is 11.4 Å². The average molecular weight is 444 g/mol. The summed E-state index contributed by atoms with van der Waals surface area (Å²) in [6.07, 6.45) is 3.14. The van der Waals surface area contributed by atoms with Crippen molar-refractivity contribution in [1.82, 2.24) is 4.98 Å². The van der Waals surface area contributed by atoms with E-state index >= 15 is 0 Å². The fraction of sp³-hybridized carbons (Fsp3) is 0.0400. The lowest BCUT2D eigenvalue weighted by atomic mass is 10.1. The first-order valence-corrected chi connectivity index (χ1v) is 11.4. The summed E-state index contributed by atoms with van der Waals surface area (Å²) >= 11 is 0. The standard InChI is InChI=1S/C25H21N3O3S/c29-25(27-21-12-9-17-26-18-21)23-15-7-8-16-24(23)28(19-20-10-3-1-4-11-20)32(30,31)22-13-5-2-6-14-22/h1-18H,19H2,(H,27,29). The molecule has 1 N–H and O–H groups in total. The largest absolute Gasteiger partial charge is 0.321 e. The number of sulfonamides is 1. The van der Waals surface area contributed by atoms with E-state index in [1.807, 2.05) is 30.3 Å². The van der Waals surface area contributed by atoms with Gasteiger partial charge in [0.2, 0.25) is 0 Å². The fourth-order valence-electron chi connectivity index (χ4n) is 3.29. The molecule has 0 saturated carbocycles. The number of carbonyl (C=O) groups is 1. The van der Waals surface area contributed by atoms with Gasteiger partial charge in [-0.1, -0.05) is 60.7 Å². The number of anilines is 2. The molecule has 0 bridgehead atoms. The minimum atomic E-state index is -3.94. The molecule has 0 unspecified atom stereocenters. The van der Waals surface area contributed by atoms with Gasteiger partial charge in [-0.05, 0) is 42.0 Å². The van der Waals surface area contributed by atoms with Crippen LogP contribution >= 0.6 is 0 Å². The van der Waals surface area contributed by atoms with E-state index in [4.69, 9.17) is 0 Å². The molecule has 160 valence electrons. The fourth-order valence-corrected chi connectivity index (χ4v) is 4.78. The number of benzene rings is 3. The summed E-state index contributed by atoms with van der Waals surface area (Å²) in [4.78, 5) is 17.2. The zero-order chi connectivity index (χ0) is 22.4. The van der Waals surface area contributed by atoms with Gasteiger partial charge in [0.05, 0.1) is 34.6 Å². The molecular formula is C25H21N3O3S.